The molecule has 3 saturated heterocycles. The molecule has 4 unspecified atom stereocenters. The number of ether oxygens (including phenoxy) is 1. The zero-order valence-corrected chi connectivity index (χ0v) is 23.4. The number of hydrogen-bond acceptors (Lipinski definition) is 6. The lowest BCUT2D eigenvalue weighted by molar-refractivity contribution is -0.139. The number of fused-ring (bicyclic) bond motifs is 1. The summed E-state index contributed by atoms with van der Waals surface area (Å²) in [5, 5.41) is 15.5. The van der Waals surface area contributed by atoms with Crippen molar-refractivity contribution >= 4 is 51.1 Å². The number of amides is 3. The maximum absolute atomic E-state index is 13.8. The number of aliphatic hydroxyl groups is 1. The van der Waals surface area contributed by atoms with Crippen LogP contribution in [0.15, 0.2) is 24.3 Å². The highest BCUT2D eigenvalue weighted by Crippen LogP contribution is 2.67. The van der Waals surface area contributed by atoms with E-state index in [0.29, 0.717) is 31.7 Å². The number of alkyl halides is 1. The Hall–Kier alpha value is -1.78. The number of nitrogens with zero attached hydrogens (tertiary/aromatic N) is 1. The molecule has 8 nitrogen and oxygen atoms in total. The van der Waals surface area contributed by atoms with E-state index in [-0.39, 0.29) is 40.4 Å². The summed E-state index contributed by atoms with van der Waals surface area (Å²) >= 11 is 5.39. The molecule has 1 spiro atoms. The average Bonchev–Trinajstić information content (AvgIpc) is 3.42. The van der Waals surface area contributed by atoms with Crippen LogP contribution in [0, 0.1) is 11.8 Å². The van der Waals surface area contributed by atoms with E-state index in [1.165, 1.54) is 0 Å². The molecule has 7 atom stereocenters. The number of halogens is 1. The molecule has 0 aromatic heterocycles. The number of carbonyl (C=O) groups is 3. The van der Waals surface area contributed by atoms with Crippen molar-refractivity contribution in [2.75, 3.05) is 25.1 Å². The molecule has 1 aromatic carbocycles. The fraction of sp³-hybridized carbons (Fsp3) is 0.654. The normalized spacial score (nSPS) is 31.3. The van der Waals surface area contributed by atoms with Gasteiger partial charge in [0, 0.05) is 35.0 Å². The number of hydrogen-bond donors (Lipinski definition) is 3. The lowest BCUT2D eigenvalue weighted by Gasteiger charge is -2.35. The van der Waals surface area contributed by atoms with Gasteiger partial charge in [-0.1, -0.05) is 29.3 Å². The summed E-state index contributed by atoms with van der Waals surface area (Å²) in [5.41, 5.74) is 0.640. The van der Waals surface area contributed by atoms with Crippen LogP contribution in [0.5, 0.6) is 5.75 Å². The standard InChI is InChI=1S/C26H36BrN3O5S/c1-4-7-15(3)28-24(33)22-26-14-18(27)21(36-26)19(20(26)25(34)30(22)12-6-13-31)23(32)29-16-8-10-17(11-9-16)35-5-2/h8-11,15,18-22,31H,4-7,12-14H2,1-3H3,(H,28,33)(H,29,32)/t15?,18?,19-,20-,21-,22?,26?/m0/s1. The van der Waals surface area contributed by atoms with E-state index in [1.54, 1.807) is 40.9 Å². The molecule has 2 bridgehead atoms. The zero-order chi connectivity index (χ0) is 26.0. The van der Waals surface area contributed by atoms with E-state index in [0.717, 1.165) is 18.6 Å². The summed E-state index contributed by atoms with van der Waals surface area (Å²) < 4.78 is 4.80. The molecule has 10 heteroatoms. The smallest absolute Gasteiger partial charge is 0.244 e. The lowest BCUT2D eigenvalue weighted by Crippen LogP contribution is -2.55. The molecule has 3 aliphatic heterocycles. The van der Waals surface area contributed by atoms with Gasteiger partial charge in [0.1, 0.15) is 11.8 Å². The van der Waals surface area contributed by atoms with Crippen LogP contribution in [0.1, 0.15) is 46.5 Å². The minimum atomic E-state index is -0.678. The maximum atomic E-state index is 13.8. The summed E-state index contributed by atoms with van der Waals surface area (Å²) in [7, 11) is 0. The molecular formula is C26H36BrN3O5S. The number of nitrogens with one attached hydrogen (secondary N) is 2. The first-order valence-electron chi connectivity index (χ1n) is 12.8. The molecular weight excluding hydrogens is 546 g/mol. The maximum Gasteiger partial charge on any atom is 0.244 e. The second-order valence-electron chi connectivity index (χ2n) is 9.92. The van der Waals surface area contributed by atoms with E-state index in [9.17, 15) is 19.5 Å². The van der Waals surface area contributed by atoms with Gasteiger partial charge in [-0.05, 0) is 57.4 Å². The first kappa shape index (κ1) is 27.3. The third-order valence-corrected chi connectivity index (χ3v) is 10.7. The number of aliphatic hydroxyl groups excluding tert-OH is 1. The third-order valence-electron chi connectivity index (χ3n) is 7.44. The number of carbonyl (C=O) groups excluding carboxylic acids is 3. The fourth-order valence-corrected chi connectivity index (χ4v) is 9.68. The average molecular weight is 583 g/mol. The minimum Gasteiger partial charge on any atom is -0.494 e. The number of thioether (sulfide) groups is 1. The summed E-state index contributed by atoms with van der Waals surface area (Å²) in [4.78, 5) is 42.7. The lowest BCUT2D eigenvalue weighted by atomic mass is 9.70. The van der Waals surface area contributed by atoms with Gasteiger partial charge < -0.3 is 25.4 Å². The Morgan fingerprint density at radius 2 is 2.00 bits per heavy atom. The first-order valence-corrected chi connectivity index (χ1v) is 14.6. The van der Waals surface area contributed by atoms with Gasteiger partial charge in [-0.2, -0.15) is 0 Å². The number of anilines is 1. The number of rotatable bonds is 11. The Labute approximate surface area is 225 Å². The third kappa shape index (κ3) is 4.88. The van der Waals surface area contributed by atoms with Crippen LogP contribution in [0.25, 0.3) is 0 Å². The largest absolute Gasteiger partial charge is 0.494 e. The summed E-state index contributed by atoms with van der Waals surface area (Å²) in [6, 6.07) is 6.52. The fourth-order valence-electron chi connectivity index (χ4n) is 6.06. The molecule has 3 aliphatic rings. The van der Waals surface area contributed by atoms with E-state index in [2.05, 4.69) is 33.5 Å². The van der Waals surface area contributed by atoms with Gasteiger partial charge in [-0.25, -0.2) is 0 Å². The van der Waals surface area contributed by atoms with Gasteiger partial charge in [-0.3, -0.25) is 14.4 Å². The van der Waals surface area contributed by atoms with Crippen LogP contribution in [0.4, 0.5) is 5.69 Å². The highest BCUT2D eigenvalue weighted by Gasteiger charge is 2.75. The molecule has 0 saturated carbocycles. The molecule has 36 heavy (non-hydrogen) atoms. The molecule has 3 fully saturated rings. The first-order chi connectivity index (χ1) is 17.3. The van der Waals surface area contributed by atoms with Crippen molar-refractivity contribution in [3.8, 4) is 5.75 Å². The van der Waals surface area contributed by atoms with Crippen LogP contribution < -0.4 is 15.4 Å². The van der Waals surface area contributed by atoms with Crippen molar-refractivity contribution in [3.63, 3.8) is 0 Å². The molecule has 3 N–H and O–H groups in total. The topological polar surface area (TPSA) is 108 Å². The molecule has 0 radical (unpaired) electrons. The highest BCUT2D eigenvalue weighted by molar-refractivity contribution is 9.09. The van der Waals surface area contributed by atoms with Gasteiger partial charge in [0.25, 0.3) is 0 Å². The van der Waals surface area contributed by atoms with Crippen molar-refractivity contribution in [3.05, 3.63) is 24.3 Å². The predicted molar refractivity (Wildman–Crippen MR) is 144 cm³/mol. The second-order valence-corrected chi connectivity index (χ2v) is 12.6. The van der Waals surface area contributed by atoms with E-state index < -0.39 is 22.6 Å². The monoisotopic (exact) mass is 581 g/mol. The Morgan fingerprint density at radius 1 is 1.28 bits per heavy atom. The van der Waals surface area contributed by atoms with E-state index in [4.69, 9.17) is 4.74 Å². The molecule has 1 aromatic rings. The number of benzene rings is 1. The molecule has 3 amide bonds. The Morgan fingerprint density at radius 3 is 2.64 bits per heavy atom. The minimum absolute atomic E-state index is 0.00475. The molecule has 198 valence electrons. The van der Waals surface area contributed by atoms with Crippen molar-refractivity contribution in [2.24, 2.45) is 11.8 Å². The Balaban J connectivity index is 1.61. The SMILES string of the molecule is CCCC(C)NC(=O)C1N(CCCO)C(=O)[C@@H]2[C@H](C(=O)Nc3ccc(OCC)cc3)[C@H]3SC12CC3Br. The zero-order valence-electron chi connectivity index (χ0n) is 21.0. The van der Waals surface area contributed by atoms with Crippen LogP contribution >= 0.6 is 27.7 Å². The van der Waals surface area contributed by atoms with Crippen LogP contribution in [-0.2, 0) is 14.4 Å². The van der Waals surface area contributed by atoms with Crippen LogP contribution in [-0.4, -0.2) is 74.4 Å². The summed E-state index contributed by atoms with van der Waals surface area (Å²) in [6.45, 7) is 6.74. The highest BCUT2D eigenvalue weighted by atomic mass is 79.9. The predicted octanol–water partition coefficient (Wildman–Crippen LogP) is 3.18. The van der Waals surface area contributed by atoms with Crippen molar-refractivity contribution in [1.82, 2.24) is 10.2 Å². The van der Waals surface area contributed by atoms with Crippen LogP contribution in [0.2, 0.25) is 0 Å². The van der Waals surface area contributed by atoms with Gasteiger partial charge >= 0.3 is 0 Å². The van der Waals surface area contributed by atoms with E-state index >= 15 is 0 Å². The summed E-state index contributed by atoms with van der Waals surface area (Å²) in [6.07, 6.45) is 2.82. The number of likely N-dealkylation sites (tertiary alicyclic amines) is 1. The van der Waals surface area contributed by atoms with Gasteiger partial charge in [0.05, 0.1) is 23.2 Å². The molecule has 4 rings (SSSR count). The van der Waals surface area contributed by atoms with Crippen molar-refractivity contribution in [1.29, 1.82) is 0 Å². The quantitative estimate of drug-likeness (QED) is 0.346. The Bertz CT molecular complexity index is 979. The van der Waals surface area contributed by atoms with E-state index in [1.807, 2.05) is 13.8 Å². The summed E-state index contributed by atoms with van der Waals surface area (Å²) in [5.74, 6) is -0.946. The van der Waals surface area contributed by atoms with Gasteiger partial charge in [0.15, 0.2) is 0 Å². The Kier molecular flexibility index (Phi) is 8.56. The van der Waals surface area contributed by atoms with Crippen LogP contribution in [0.3, 0.4) is 0 Å². The van der Waals surface area contributed by atoms with Crippen molar-refractivity contribution < 1.29 is 24.2 Å². The second kappa shape index (κ2) is 11.3. The molecule has 3 heterocycles. The molecule has 0 aliphatic carbocycles. The van der Waals surface area contributed by atoms with Crippen molar-refractivity contribution in [2.45, 2.75) is 73.4 Å². The van der Waals surface area contributed by atoms with Gasteiger partial charge in [-0.15, -0.1) is 11.8 Å². The van der Waals surface area contributed by atoms with Gasteiger partial charge in [0.2, 0.25) is 17.7 Å².